The van der Waals surface area contributed by atoms with E-state index >= 15 is 0 Å². The molecular weight excluding hydrogens is 374 g/mol. The average Bonchev–Trinajstić information content (AvgIpc) is 3.30. The number of fused-ring (bicyclic) bond motifs is 1. The quantitative estimate of drug-likeness (QED) is 0.690. The van der Waals surface area contributed by atoms with Crippen molar-refractivity contribution in [3.63, 3.8) is 0 Å². The van der Waals surface area contributed by atoms with Crippen molar-refractivity contribution in [2.45, 2.75) is 39.0 Å². The van der Waals surface area contributed by atoms with Crippen LogP contribution in [0.25, 0.3) is 0 Å². The van der Waals surface area contributed by atoms with E-state index in [9.17, 15) is 4.79 Å². The number of rotatable bonds is 5. The number of nitrogens with zero attached hydrogens (tertiary/aromatic N) is 2. The number of nitrogens with one attached hydrogen (secondary N) is 1. The van der Waals surface area contributed by atoms with E-state index in [-0.39, 0.29) is 18.0 Å². The monoisotopic (exact) mass is 397 g/mol. The van der Waals surface area contributed by atoms with E-state index in [0.717, 1.165) is 29.4 Å². The van der Waals surface area contributed by atoms with Crippen LogP contribution < -0.4 is 5.32 Å². The van der Waals surface area contributed by atoms with Gasteiger partial charge >= 0.3 is 0 Å². The number of carbonyl (C=O) groups excluding carboxylic acids is 1. The molecule has 6 heteroatoms. The maximum atomic E-state index is 12.2. The zero-order valence-corrected chi connectivity index (χ0v) is 16.8. The predicted molar refractivity (Wildman–Crippen MR) is 109 cm³/mol. The highest BCUT2D eigenvalue weighted by molar-refractivity contribution is 6.30. The van der Waals surface area contributed by atoms with Crippen LogP contribution in [0.1, 0.15) is 47.5 Å². The van der Waals surface area contributed by atoms with E-state index in [4.69, 9.17) is 16.0 Å². The van der Waals surface area contributed by atoms with Crippen LogP contribution in [-0.4, -0.2) is 28.0 Å². The Hall–Kier alpha value is -2.50. The topological polar surface area (TPSA) is 50.4 Å². The summed E-state index contributed by atoms with van der Waals surface area (Å²) in [6, 6.07) is 16.0. The van der Waals surface area contributed by atoms with Gasteiger partial charge in [-0.1, -0.05) is 23.7 Å². The Labute approximate surface area is 169 Å². The maximum absolute atomic E-state index is 12.2. The Bertz CT molecular complexity index is 976. The van der Waals surface area contributed by atoms with Gasteiger partial charge in [0.2, 0.25) is 0 Å². The third-order valence-electron chi connectivity index (χ3n) is 4.97. The standard InChI is InChI=1S/C22H24ClN3O2/c1-15(2)24-22(27)20-9-8-18(28-20)14-26-12-11-25-10-4-7-19(25)21(26)16-5-3-6-17(23)13-16/h3-10,13,15,21H,11-12,14H2,1-2H3,(H,24,27)/t21-/m0/s1. The Morgan fingerprint density at radius 1 is 1.21 bits per heavy atom. The number of hydrogen-bond acceptors (Lipinski definition) is 3. The molecule has 1 amide bonds. The van der Waals surface area contributed by atoms with Gasteiger partial charge in [0, 0.05) is 36.0 Å². The van der Waals surface area contributed by atoms with E-state index in [1.807, 2.05) is 38.1 Å². The second-order valence-electron chi connectivity index (χ2n) is 7.45. The zero-order chi connectivity index (χ0) is 19.7. The van der Waals surface area contributed by atoms with Crippen molar-refractivity contribution in [2.75, 3.05) is 6.54 Å². The first kappa shape index (κ1) is 18.8. The van der Waals surface area contributed by atoms with E-state index in [1.165, 1.54) is 5.69 Å². The second-order valence-corrected chi connectivity index (χ2v) is 7.89. The summed E-state index contributed by atoms with van der Waals surface area (Å²) in [5.41, 5.74) is 2.38. The average molecular weight is 398 g/mol. The third kappa shape index (κ3) is 3.86. The molecule has 28 heavy (non-hydrogen) atoms. The molecule has 0 unspecified atom stereocenters. The maximum Gasteiger partial charge on any atom is 0.287 e. The van der Waals surface area contributed by atoms with Crippen LogP contribution in [0.15, 0.2) is 59.1 Å². The first-order valence-corrected chi connectivity index (χ1v) is 9.93. The van der Waals surface area contributed by atoms with Crippen LogP contribution in [0.4, 0.5) is 0 Å². The minimum absolute atomic E-state index is 0.0724. The number of hydrogen-bond donors (Lipinski definition) is 1. The van der Waals surface area contributed by atoms with Gasteiger partial charge in [-0.05, 0) is 55.8 Å². The fourth-order valence-corrected chi connectivity index (χ4v) is 3.98. The van der Waals surface area contributed by atoms with Gasteiger partial charge in [-0.15, -0.1) is 0 Å². The Morgan fingerprint density at radius 3 is 2.86 bits per heavy atom. The van der Waals surface area contributed by atoms with Crippen molar-refractivity contribution in [2.24, 2.45) is 0 Å². The summed E-state index contributed by atoms with van der Waals surface area (Å²) in [6.45, 7) is 6.28. The smallest absolute Gasteiger partial charge is 0.287 e. The summed E-state index contributed by atoms with van der Waals surface area (Å²) in [6.07, 6.45) is 2.12. The molecule has 3 aromatic rings. The van der Waals surface area contributed by atoms with Crippen molar-refractivity contribution >= 4 is 17.5 Å². The van der Waals surface area contributed by atoms with Crippen LogP contribution in [0, 0.1) is 0 Å². The largest absolute Gasteiger partial charge is 0.455 e. The van der Waals surface area contributed by atoms with Crippen LogP contribution >= 0.6 is 11.6 Å². The van der Waals surface area contributed by atoms with Crippen molar-refractivity contribution in [3.05, 3.63) is 82.5 Å². The van der Waals surface area contributed by atoms with Gasteiger partial charge in [0.25, 0.3) is 5.91 Å². The number of amides is 1. The molecule has 0 aliphatic carbocycles. The first-order valence-electron chi connectivity index (χ1n) is 9.55. The molecule has 4 rings (SSSR count). The molecule has 1 aromatic carbocycles. The van der Waals surface area contributed by atoms with Crippen molar-refractivity contribution in [1.82, 2.24) is 14.8 Å². The molecule has 0 bridgehead atoms. The number of halogens is 1. The van der Waals surface area contributed by atoms with E-state index in [2.05, 4.69) is 39.2 Å². The van der Waals surface area contributed by atoms with E-state index in [1.54, 1.807) is 6.07 Å². The third-order valence-corrected chi connectivity index (χ3v) is 5.20. The van der Waals surface area contributed by atoms with Crippen molar-refractivity contribution in [3.8, 4) is 0 Å². The summed E-state index contributed by atoms with van der Waals surface area (Å²) < 4.78 is 8.12. The highest BCUT2D eigenvalue weighted by Gasteiger charge is 2.29. The molecule has 0 fully saturated rings. The fraction of sp³-hybridized carbons (Fsp3) is 0.318. The van der Waals surface area contributed by atoms with E-state index < -0.39 is 0 Å². The molecule has 3 heterocycles. The first-order chi connectivity index (χ1) is 13.5. The number of carbonyl (C=O) groups is 1. The normalized spacial score (nSPS) is 16.9. The summed E-state index contributed by atoms with van der Waals surface area (Å²) in [5, 5.41) is 3.59. The van der Waals surface area contributed by atoms with Crippen molar-refractivity contribution < 1.29 is 9.21 Å². The van der Waals surface area contributed by atoms with Gasteiger partial charge in [0.05, 0.1) is 12.6 Å². The number of aromatic nitrogens is 1. The molecule has 146 valence electrons. The minimum Gasteiger partial charge on any atom is -0.455 e. The summed E-state index contributed by atoms with van der Waals surface area (Å²) in [5.74, 6) is 0.949. The molecule has 5 nitrogen and oxygen atoms in total. The van der Waals surface area contributed by atoms with Gasteiger partial charge in [-0.3, -0.25) is 9.69 Å². The molecule has 1 aliphatic rings. The Balaban J connectivity index is 1.60. The molecule has 0 saturated heterocycles. The van der Waals surface area contributed by atoms with Crippen LogP contribution in [-0.2, 0) is 13.1 Å². The summed E-state index contributed by atoms with van der Waals surface area (Å²) in [7, 11) is 0. The Kier molecular flexibility index (Phi) is 5.29. The van der Waals surface area contributed by atoms with Gasteiger partial charge in [-0.25, -0.2) is 0 Å². The SMILES string of the molecule is CC(C)NC(=O)c1ccc(CN2CCn3cccc3[C@@H]2c2cccc(Cl)c2)o1. The van der Waals surface area contributed by atoms with Crippen LogP contribution in [0.2, 0.25) is 5.02 Å². The minimum atomic E-state index is -0.180. The lowest BCUT2D eigenvalue weighted by atomic mass is 10.00. The summed E-state index contributed by atoms with van der Waals surface area (Å²) >= 11 is 6.26. The van der Waals surface area contributed by atoms with Crippen LogP contribution in [0.5, 0.6) is 0 Å². The molecule has 1 atom stereocenters. The lowest BCUT2D eigenvalue weighted by Crippen LogP contribution is -2.37. The van der Waals surface area contributed by atoms with Crippen molar-refractivity contribution in [1.29, 1.82) is 0 Å². The fourth-order valence-electron chi connectivity index (χ4n) is 3.78. The number of furan rings is 1. The molecule has 1 N–H and O–H groups in total. The van der Waals surface area contributed by atoms with E-state index in [0.29, 0.717) is 12.3 Å². The molecule has 0 radical (unpaired) electrons. The highest BCUT2D eigenvalue weighted by atomic mass is 35.5. The second kappa shape index (κ2) is 7.86. The van der Waals surface area contributed by atoms with Gasteiger partial charge in [0.15, 0.2) is 5.76 Å². The molecule has 0 spiro atoms. The predicted octanol–water partition coefficient (Wildman–Crippen LogP) is 4.48. The Morgan fingerprint density at radius 2 is 2.07 bits per heavy atom. The van der Waals surface area contributed by atoms with Crippen LogP contribution in [0.3, 0.4) is 0 Å². The molecule has 0 saturated carbocycles. The summed E-state index contributed by atoms with van der Waals surface area (Å²) in [4.78, 5) is 14.5. The zero-order valence-electron chi connectivity index (χ0n) is 16.1. The number of benzene rings is 1. The van der Waals surface area contributed by atoms with Gasteiger partial charge < -0.3 is 14.3 Å². The van der Waals surface area contributed by atoms with Gasteiger partial charge in [0.1, 0.15) is 5.76 Å². The highest BCUT2D eigenvalue weighted by Crippen LogP contribution is 2.34. The van der Waals surface area contributed by atoms with Gasteiger partial charge in [-0.2, -0.15) is 0 Å². The molecular formula is C22H24ClN3O2. The molecule has 2 aromatic heterocycles. The molecule has 1 aliphatic heterocycles. The lowest BCUT2D eigenvalue weighted by Gasteiger charge is -2.37. The lowest BCUT2D eigenvalue weighted by molar-refractivity contribution is 0.0908.